The Bertz CT molecular complexity index is 574. The van der Waals surface area contributed by atoms with Gasteiger partial charge in [0.1, 0.15) is 0 Å². The van der Waals surface area contributed by atoms with Crippen LogP contribution in [0.3, 0.4) is 0 Å². The number of thioether (sulfide) groups is 1. The van der Waals surface area contributed by atoms with Crippen molar-refractivity contribution in [2.75, 3.05) is 31.1 Å². The fourth-order valence-electron chi connectivity index (χ4n) is 3.96. The molecule has 2 bridgehead atoms. The van der Waals surface area contributed by atoms with Crippen molar-refractivity contribution >= 4 is 11.8 Å². The summed E-state index contributed by atoms with van der Waals surface area (Å²) in [6, 6.07) is 5.65. The van der Waals surface area contributed by atoms with Gasteiger partial charge in [0.05, 0.1) is 6.10 Å². The normalized spacial score (nSPS) is 25.1. The van der Waals surface area contributed by atoms with Crippen molar-refractivity contribution in [3.05, 3.63) is 34.2 Å². The van der Waals surface area contributed by atoms with Gasteiger partial charge in [-0.25, -0.2) is 0 Å². The maximum Gasteiger partial charge on any atom is 0.250 e. The van der Waals surface area contributed by atoms with Crippen molar-refractivity contribution in [2.45, 2.75) is 44.8 Å². The lowest BCUT2D eigenvalue weighted by Crippen LogP contribution is -2.49. The van der Waals surface area contributed by atoms with E-state index in [1.165, 1.54) is 25.0 Å². The first-order valence-electron chi connectivity index (χ1n) is 8.85. The lowest BCUT2D eigenvalue weighted by atomic mass is 9.83. The molecule has 1 saturated heterocycles. The number of likely N-dealkylation sites (tertiary alicyclic amines) is 1. The van der Waals surface area contributed by atoms with Gasteiger partial charge in [-0.3, -0.25) is 9.69 Å². The first kappa shape index (κ1) is 17.1. The smallest absolute Gasteiger partial charge is 0.250 e. The third kappa shape index (κ3) is 4.20. The minimum Gasteiger partial charge on any atom is -0.391 e. The number of unbranched alkanes of at least 4 members (excludes halogenated alkanes) is 1. The van der Waals surface area contributed by atoms with E-state index in [2.05, 4.69) is 17.9 Å². The Hall–Kier alpha value is -0.780. The summed E-state index contributed by atoms with van der Waals surface area (Å²) in [5.41, 5.74) is 1.32. The number of pyridine rings is 1. The molecule has 1 aromatic heterocycles. The van der Waals surface area contributed by atoms with Crippen LogP contribution < -0.4 is 5.56 Å². The van der Waals surface area contributed by atoms with Gasteiger partial charge >= 0.3 is 0 Å². The molecule has 1 aromatic rings. The third-order valence-corrected chi connectivity index (χ3v) is 6.17. The van der Waals surface area contributed by atoms with Crippen molar-refractivity contribution in [3.8, 4) is 0 Å². The molecule has 23 heavy (non-hydrogen) atoms. The summed E-state index contributed by atoms with van der Waals surface area (Å²) in [7, 11) is 0. The number of aromatic nitrogens is 1. The highest BCUT2D eigenvalue weighted by atomic mass is 32.2. The molecule has 5 heteroatoms. The molecule has 1 unspecified atom stereocenters. The van der Waals surface area contributed by atoms with E-state index in [1.54, 1.807) is 6.07 Å². The summed E-state index contributed by atoms with van der Waals surface area (Å²) in [5, 5.41) is 10.3. The maximum absolute atomic E-state index is 12.0. The molecule has 1 fully saturated rings. The van der Waals surface area contributed by atoms with Crippen molar-refractivity contribution in [1.82, 2.24) is 9.47 Å². The number of β-amino-alcohol motifs (C(OH)–C–C–N with tert-alkyl or cyclic N) is 1. The summed E-state index contributed by atoms with van der Waals surface area (Å²) < 4.78 is 1.97. The van der Waals surface area contributed by atoms with Gasteiger partial charge in [0, 0.05) is 49.6 Å². The molecule has 128 valence electrons. The number of piperidine rings is 1. The SMILES string of the molecule is CCCCSCC(O)CN1C[C@@H]2C[C@H](C1)c1cccc(=O)n1C2. The van der Waals surface area contributed by atoms with Gasteiger partial charge in [-0.1, -0.05) is 19.4 Å². The second kappa shape index (κ2) is 7.86. The molecular weight excluding hydrogens is 308 g/mol. The Kier molecular flexibility index (Phi) is 5.83. The van der Waals surface area contributed by atoms with Crippen LogP contribution in [-0.4, -0.2) is 51.8 Å². The van der Waals surface area contributed by atoms with E-state index in [0.29, 0.717) is 11.8 Å². The lowest BCUT2D eigenvalue weighted by Gasteiger charge is -2.43. The first-order chi connectivity index (χ1) is 11.2. The van der Waals surface area contributed by atoms with Crippen molar-refractivity contribution < 1.29 is 5.11 Å². The quantitative estimate of drug-likeness (QED) is 0.775. The Balaban J connectivity index is 1.56. The summed E-state index contributed by atoms with van der Waals surface area (Å²) in [6.45, 7) is 5.78. The molecule has 3 atom stereocenters. The molecule has 0 radical (unpaired) electrons. The van der Waals surface area contributed by atoms with Crippen LogP contribution in [0, 0.1) is 5.92 Å². The Morgan fingerprint density at radius 2 is 2.22 bits per heavy atom. The van der Waals surface area contributed by atoms with E-state index >= 15 is 0 Å². The van der Waals surface area contributed by atoms with E-state index in [4.69, 9.17) is 0 Å². The lowest BCUT2D eigenvalue weighted by molar-refractivity contribution is 0.0717. The Labute approximate surface area is 142 Å². The van der Waals surface area contributed by atoms with E-state index in [9.17, 15) is 9.90 Å². The van der Waals surface area contributed by atoms with Crippen molar-refractivity contribution in [1.29, 1.82) is 0 Å². The number of hydrogen-bond donors (Lipinski definition) is 1. The molecule has 3 rings (SSSR count). The monoisotopic (exact) mass is 336 g/mol. The topological polar surface area (TPSA) is 45.5 Å². The molecule has 0 saturated carbocycles. The van der Waals surface area contributed by atoms with Gasteiger partial charge in [-0.2, -0.15) is 11.8 Å². The molecule has 0 amide bonds. The fourth-order valence-corrected chi connectivity index (χ4v) is 5.00. The van der Waals surface area contributed by atoms with Gasteiger partial charge in [0.25, 0.3) is 5.56 Å². The molecular formula is C18H28N2O2S. The number of aliphatic hydroxyl groups excluding tert-OH is 1. The fraction of sp³-hybridized carbons (Fsp3) is 0.722. The highest BCUT2D eigenvalue weighted by Crippen LogP contribution is 2.34. The van der Waals surface area contributed by atoms with Crippen LogP contribution >= 0.6 is 11.8 Å². The molecule has 3 heterocycles. The van der Waals surface area contributed by atoms with Gasteiger partial charge in [-0.05, 0) is 30.6 Å². The number of nitrogens with zero attached hydrogens (tertiary/aromatic N) is 2. The minimum atomic E-state index is -0.242. The molecule has 0 aliphatic carbocycles. The average molecular weight is 337 g/mol. The van der Waals surface area contributed by atoms with Crippen LogP contribution in [0.5, 0.6) is 0 Å². The molecule has 2 aliphatic heterocycles. The number of fused-ring (bicyclic) bond motifs is 4. The van der Waals surface area contributed by atoms with Crippen LogP contribution in [0.25, 0.3) is 0 Å². The van der Waals surface area contributed by atoms with Gasteiger partial charge in [0.2, 0.25) is 0 Å². The first-order valence-corrected chi connectivity index (χ1v) is 10.0. The molecule has 0 aromatic carbocycles. The maximum atomic E-state index is 12.0. The zero-order valence-electron chi connectivity index (χ0n) is 14.0. The molecule has 2 aliphatic rings. The standard InChI is InChI=1S/C18H28N2O2S/c1-2-3-7-23-13-16(21)12-19-9-14-8-15(11-19)17-5-4-6-18(22)20(17)10-14/h4-6,14-16,21H,2-3,7-13H2,1H3/t14-,15+,16?/m0/s1. The summed E-state index contributed by atoms with van der Waals surface area (Å²) in [6.07, 6.45) is 3.39. The van der Waals surface area contributed by atoms with Gasteiger partial charge in [0.15, 0.2) is 0 Å². The van der Waals surface area contributed by atoms with E-state index in [-0.39, 0.29) is 11.7 Å². The predicted octanol–water partition coefficient (Wildman–Crippen LogP) is 2.16. The number of aliphatic hydroxyl groups is 1. The van der Waals surface area contributed by atoms with Crippen LogP contribution in [0.2, 0.25) is 0 Å². The second-order valence-electron chi connectivity index (χ2n) is 7.00. The van der Waals surface area contributed by atoms with Crippen molar-refractivity contribution in [3.63, 3.8) is 0 Å². The molecule has 1 N–H and O–H groups in total. The Morgan fingerprint density at radius 3 is 3.04 bits per heavy atom. The van der Waals surface area contributed by atoms with Crippen LogP contribution in [0.4, 0.5) is 0 Å². The second-order valence-corrected chi connectivity index (χ2v) is 8.15. The highest BCUT2D eigenvalue weighted by Gasteiger charge is 2.34. The van der Waals surface area contributed by atoms with Crippen molar-refractivity contribution in [2.24, 2.45) is 5.92 Å². The predicted molar refractivity (Wildman–Crippen MR) is 96.2 cm³/mol. The molecule has 0 spiro atoms. The summed E-state index contributed by atoms with van der Waals surface area (Å²) >= 11 is 1.86. The van der Waals surface area contributed by atoms with E-state index in [1.807, 2.05) is 22.4 Å². The average Bonchev–Trinajstić information content (AvgIpc) is 2.53. The van der Waals surface area contributed by atoms with Gasteiger partial charge in [-0.15, -0.1) is 0 Å². The summed E-state index contributed by atoms with van der Waals surface area (Å²) in [4.78, 5) is 14.4. The summed E-state index contributed by atoms with van der Waals surface area (Å²) in [5.74, 6) is 2.97. The van der Waals surface area contributed by atoms with Crippen LogP contribution in [0.1, 0.15) is 37.8 Å². The van der Waals surface area contributed by atoms with Crippen LogP contribution in [0.15, 0.2) is 23.0 Å². The zero-order chi connectivity index (χ0) is 16.2. The minimum absolute atomic E-state index is 0.137. The van der Waals surface area contributed by atoms with E-state index in [0.717, 1.165) is 37.7 Å². The Morgan fingerprint density at radius 1 is 1.35 bits per heavy atom. The third-order valence-electron chi connectivity index (χ3n) is 4.98. The number of rotatable bonds is 7. The zero-order valence-corrected chi connectivity index (χ0v) is 14.8. The highest BCUT2D eigenvalue weighted by molar-refractivity contribution is 7.99. The largest absolute Gasteiger partial charge is 0.391 e. The van der Waals surface area contributed by atoms with Crippen LogP contribution in [-0.2, 0) is 6.54 Å². The number of hydrogen-bond acceptors (Lipinski definition) is 4. The molecule has 4 nitrogen and oxygen atoms in total. The van der Waals surface area contributed by atoms with Gasteiger partial charge < -0.3 is 9.67 Å². The van der Waals surface area contributed by atoms with E-state index < -0.39 is 0 Å².